The van der Waals surface area contributed by atoms with E-state index in [0.29, 0.717) is 47.8 Å². The van der Waals surface area contributed by atoms with Crippen molar-refractivity contribution in [1.82, 2.24) is 15.1 Å². The van der Waals surface area contributed by atoms with Crippen LogP contribution in [-0.4, -0.2) is 70.6 Å². The van der Waals surface area contributed by atoms with Gasteiger partial charge in [-0.3, -0.25) is 19.3 Å². The number of hydrogen-bond acceptors (Lipinski definition) is 7. The predicted octanol–water partition coefficient (Wildman–Crippen LogP) is 7.28. The molecule has 0 bridgehead atoms. The fraction of sp³-hybridized carbons (Fsp3) is 0.600. The van der Waals surface area contributed by atoms with E-state index in [-0.39, 0.29) is 55.9 Å². The van der Waals surface area contributed by atoms with Gasteiger partial charge >= 0.3 is 12.5 Å². The van der Waals surface area contributed by atoms with E-state index in [9.17, 15) is 36.7 Å². The number of ether oxygens (including phenoxy) is 2. The number of rotatable bonds is 15. The molecule has 0 spiro atoms. The van der Waals surface area contributed by atoms with E-state index in [1.807, 2.05) is 20.8 Å². The molecule has 2 saturated carbocycles. The van der Waals surface area contributed by atoms with Crippen molar-refractivity contribution in [3.63, 3.8) is 0 Å². The predicted molar refractivity (Wildman–Crippen MR) is 192 cm³/mol. The fourth-order valence-corrected chi connectivity index (χ4v) is 7.99. The van der Waals surface area contributed by atoms with Gasteiger partial charge in [-0.05, 0) is 79.0 Å². The standard InChI is InChI=1S/C40H50F4N4O6/c1-5-27-19-39(27,34(49)10-7-13-38(4)14-15-38)46-36(51)33-18-29(53-37(52)47-21-26-8-6-9-31(41)30(26)23-47)22-48(33)35(50)20-45-32-17-28(54-40(42,43)44)12-11-25(32)16-24(2)3/h6,8-9,11-12,17,24,27,29,33,45H,5,7,10,13-16,18-23H2,1-4H3,(H,46,51). The second-order valence-corrected chi connectivity index (χ2v) is 16.2. The summed E-state index contributed by atoms with van der Waals surface area (Å²) >= 11 is 0. The molecule has 2 aliphatic heterocycles. The summed E-state index contributed by atoms with van der Waals surface area (Å²) in [7, 11) is 0. The number of likely N-dealkylation sites (tertiary alicyclic amines) is 1. The monoisotopic (exact) mass is 758 g/mol. The smallest absolute Gasteiger partial charge is 0.444 e. The number of anilines is 1. The molecule has 4 unspecified atom stereocenters. The zero-order chi connectivity index (χ0) is 39.0. The van der Waals surface area contributed by atoms with Gasteiger partial charge in [-0.2, -0.15) is 0 Å². The number of nitrogens with one attached hydrogen (secondary N) is 2. The lowest BCUT2D eigenvalue weighted by atomic mass is 9.96. The molecule has 4 aliphatic rings. The van der Waals surface area contributed by atoms with Crippen LogP contribution in [0.15, 0.2) is 36.4 Å². The maximum atomic E-state index is 14.4. The molecule has 3 fully saturated rings. The Labute approximate surface area is 313 Å². The Bertz CT molecular complexity index is 1760. The molecule has 3 amide bonds. The largest absolute Gasteiger partial charge is 0.573 e. The third-order valence-corrected chi connectivity index (χ3v) is 11.4. The number of carbonyl (C=O) groups excluding carboxylic acids is 4. The molecule has 2 aromatic rings. The van der Waals surface area contributed by atoms with Gasteiger partial charge in [-0.15, -0.1) is 13.2 Å². The van der Waals surface area contributed by atoms with Gasteiger partial charge < -0.3 is 25.0 Å². The molecule has 294 valence electrons. The van der Waals surface area contributed by atoms with Crippen molar-refractivity contribution in [2.45, 2.75) is 123 Å². The van der Waals surface area contributed by atoms with Crippen molar-refractivity contribution >= 4 is 29.4 Å². The molecule has 0 aromatic heterocycles. The van der Waals surface area contributed by atoms with E-state index in [2.05, 4.69) is 22.3 Å². The summed E-state index contributed by atoms with van der Waals surface area (Å²) in [4.78, 5) is 57.7. The number of halogens is 4. The van der Waals surface area contributed by atoms with E-state index in [0.717, 1.165) is 25.7 Å². The second kappa shape index (κ2) is 15.4. The summed E-state index contributed by atoms with van der Waals surface area (Å²) in [6.07, 6.45) is -0.513. The van der Waals surface area contributed by atoms with Gasteiger partial charge in [-0.25, -0.2) is 9.18 Å². The Morgan fingerprint density at radius 1 is 1.07 bits per heavy atom. The Morgan fingerprint density at radius 3 is 2.48 bits per heavy atom. The van der Waals surface area contributed by atoms with Gasteiger partial charge in [0.05, 0.1) is 19.6 Å². The first-order valence-corrected chi connectivity index (χ1v) is 19.0. The highest BCUT2D eigenvalue weighted by Crippen LogP contribution is 2.51. The van der Waals surface area contributed by atoms with Gasteiger partial charge in [0.25, 0.3) is 0 Å². The van der Waals surface area contributed by atoms with Gasteiger partial charge in [0.15, 0.2) is 5.78 Å². The normalized spacial score (nSPS) is 23.9. The summed E-state index contributed by atoms with van der Waals surface area (Å²) in [5.41, 5.74) is 1.29. The lowest BCUT2D eigenvalue weighted by Crippen LogP contribution is -2.53. The minimum atomic E-state index is -4.91. The highest BCUT2D eigenvalue weighted by molar-refractivity contribution is 5.98. The third kappa shape index (κ3) is 9.11. The number of carbonyl (C=O) groups is 4. The first-order valence-electron chi connectivity index (χ1n) is 19.0. The maximum Gasteiger partial charge on any atom is 0.573 e. The number of amides is 3. The van der Waals surface area contributed by atoms with Crippen molar-refractivity contribution in [2.24, 2.45) is 17.3 Å². The number of hydrogen-bond donors (Lipinski definition) is 2. The Kier molecular flexibility index (Phi) is 11.2. The molecule has 54 heavy (non-hydrogen) atoms. The van der Waals surface area contributed by atoms with Crippen LogP contribution >= 0.6 is 0 Å². The minimum absolute atomic E-state index is 0.0159. The van der Waals surface area contributed by atoms with Crippen LogP contribution in [0.4, 0.5) is 28.0 Å². The lowest BCUT2D eigenvalue weighted by molar-refractivity contribution is -0.274. The van der Waals surface area contributed by atoms with E-state index in [1.54, 1.807) is 12.1 Å². The Hall–Kier alpha value is -4.36. The summed E-state index contributed by atoms with van der Waals surface area (Å²) in [6, 6.07) is 7.45. The number of ketones is 1. The van der Waals surface area contributed by atoms with Gasteiger partial charge in [0, 0.05) is 36.7 Å². The number of benzene rings is 2. The quantitative estimate of drug-likeness (QED) is 0.184. The molecule has 6 rings (SSSR count). The van der Waals surface area contributed by atoms with Crippen LogP contribution in [0.5, 0.6) is 5.75 Å². The number of nitrogens with zero attached hydrogens (tertiary/aromatic N) is 2. The number of Topliss-reactive ketones (excluding diaryl/α,β-unsaturated/α-hetero) is 1. The van der Waals surface area contributed by atoms with E-state index >= 15 is 0 Å². The van der Waals surface area contributed by atoms with E-state index in [4.69, 9.17) is 4.74 Å². The van der Waals surface area contributed by atoms with Crippen LogP contribution in [0.2, 0.25) is 0 Å². The number of fused-ring (bicyclic) bond motifs is 1. The molecule has 4 atom stereocenters. The molecule has 0 radical (unpaired) electrons. The van der Waals surface area contributed by atoms with Crippen LogP contribution in [0.1, 0.15) is 95.8 Å². The Morgan fingerprint density at radius 2 is 1.83 bits per heavy atom. The van der Waals surface area contributed by atoms with Gasteiger partial charge in [0.1, 0.15) is 29.3 Å². The van der Waals surface area contributed by atoms with Crippen LogP contribution in [0.25, 0.3) is 0 Å². The first kappa shape index (κ1) is 39.3. The van der Waals surface area contributed by atoms with Crippen LogP contribution < -0.4 is 15.4 Å². The maximum absolute atomic E-state index is 14.4. The van der Waals surface area contributed by atoms with Gasteiger partial charge in [-0.1, -0.05) is 52.3 Å². The van der Waals surface area contributed by atoms with Crippen molar-refractivity contribution in [3.05, 3.63) is 58.9 Å². The average molecular weight is 759 g/mol. The minimum Gasteiger partial charge on any atom is -0.444 e. The molecule has 10 nitrogen and oxygen atoms in total. The highest BCUT2D eigenvalue weighted by Gasteiger charge is 2.60. The fourth-order valence-electron chi connectivity index (χ4n) is 7.99. The SMILES string of the molecule is CCC1CC1(NC(=O)C1CC(OC(=O)N2Cc3cccc(F)c3C2)CN1C(=O)CNc1cc(OC(F)(F)F)ccc1CC(C)C)C(=O)CCCC1(C)CC1. The molecule has 1 saturated heterocycles. The molecule has 14 heteroatoms. The first-order chi connectivity index (χ1) is 25.5. The zero-order valence-electron chi connectivity index (χ0n) is 31.3. The molecule has 2 N–H and O–H groups in total. The Balaban J connectivity index is 1.18. The number of alkyl halides is 3. The van der Waals surface area contributed by atoms with Crippen LogP contribution in [-0.2, 0) is 38.6 Å². The molecular weight excluding hydrogens is 708 g/mol. The molecular formula is C40H50F4N4O6. The second-order valence-electron chi connectivity index (χ2n) is 16.2. The highest BCUT2D eigenvalue weighted by atomic mass is 19.4. The zero-order valence-corrected chi connectivity index (χ0v) is 31.3. The van der Waals surface area contributed by atoms with Gasteiger partial charge in [0.2, 0.25) is 11.8 Å². The topological polar surface area (TPSA) is 117 Å². The summed E-state index contributed by atoms with van der Waals surface area (Å²) in [5.74, 6) is -1.86. The lowest BCUT2D eigenvalue weighted by Gasteiger charge is -2.27. The van der Waals surface area contributed by atoms with Crippen molar-refractivity contribution in [3.8, 4) is 5.75 Å². The molecule has 2 aromatic carbocycles. The van der Waals surface area contributed by atoms with Crippen LogP contribution in [0, 0.1) is 23.1 Å². The molecule has 2 heterocycles. The average Bonchev–Trinajstić information content (AvgIpc) is 3.87. The summed E-state index contributed by atoms with van der Waals surface area (Å²) in [6.45, 7) is 7.73. The van der Waals surface area contributed by atoms with Crippen molar-refractivity contribution in [1.29, 1.82) is 0 Å². The van der Waals surface area contributed by atoms with Crippen molar-refractivity contribution in [2.75, 3.05) is 18.4 Å². The van der Waals surface area contributed by atoms with E-state index in [1.165, 1.54) is 34.1 Å². The van der Waals surface area contributed by atoms with E-state index < -0.39 is 53.5 Å². The third-order valence-electron chi connectivity index (χ3n) is 11.4. The van der Waals surface area contributed by atoms with Crippen molar-refractivity contribution < 1.29 is 46.2 Å². The van der Waals surface area contributed by atoms with Crippen LogP contribution in [0.3, 0.4) is 0 Å². The summed E-state index contributed by atoms with van der Waals surface area (Å²) < 4.78 is 63.5. The summed E-state index contributed by atoms with van der Waals surface area (Å²) in [5, 5.41) is 5.98. The molecule has 2 aliphatic carbocycles.